The number of carboxylic acids is 1. The summed E-state index contributed by atoms with van der Waals surface area (Å²) in [5.74, 6) is -1.88. The topological polar surface area (TPSA) is 152 Å². The van der Waals surface area contributed by atoms with Crippen LogP contribution in [0.1, 0.15) is 113 Å². The van der Waals surface area contributed by atoms with Gasteiger partial charge in [-0.25, -0.2) is 9.59 Å². The van der Waals surface area contributed by atoms with Crippen LogP contribution in [0.5, 0.6) is 0 Å². The lowest BCUT2D eigenvalue weighted by molar-refractivity contribution is -0.157. The van der Waals surface area contributed by atoms with Crippen LogP contribution in [0.25, 0.3) is 34.4 Å². The molecule has 0 saturated carbocycles. The number of nitriles is 2. The molecule has 2 amide bonds. The van der Waals surface area contributed by atoms with Crippen LogP contribution >= 0.6 is 15.9 Å². The quantitative estimate of drug-likeness (QED) is 0.0492. The van der Waals surface area contributed by atoms with Crippen molar-refractivity contribution in [3.05, 3.63) is 203 Å². The number of carboxylic acid groups (broad SMARTS) is 1. The second-order valence-electron chi connectivity index (χ2n) is 19.1. The summed E-state index contributed by atoms with van der Waals surface area (Å²) in [5.41, 5.74) is 8.82. The number of carbonyl (C=O) groups is 4. The van der Waals surface area contributed by atoms with Crippen molar-refractivity contribution in [3.63, 3.8) is 0 Å². The van der Waals surface area contributed by atoms with Crippen LogP contribution in [0.15, 0.2) is 170 Å². The molecule has 400 valence electrons. The minimum atomic E-state index is -0.982. The van der Waals surface area contributed by atoms with Gasteiger partial charge in [0, 0.05) is 31.3 Å². The zero-order valence-electron chi connectivity index (χ0n) is 45.4. The summed E-state index contributed by atoms with van der Waals surface area (Å²) < 4.78 is 5.61. The van der Waals surface area contributed by atoms with E-state index in [9.17, 15) is 34.8 Å². The lowest BCUT2D eigenvalue weighted by atomic mass is 9.98. The molecule has 2 atom stereocenters. The molecule has 0 aliphatic carbocycles. The Morgan fingerprint density at radius 3 is 1.32 bits per heavy atom. The average Bonchev–Trinajstić information content (AvgIpc) is 3.45. The van der Waals surface area contributed by atoms with E-state index in [0.29, 0.717) is 30.5 Å². The summed E-state index contributed by atoms with van der Waals surface area (Å²) in [6, 6.07) is 53.2. The molecule has 0 radical (unpaired) electrons. The van der Waals surface area contributed by atoms with Gasteiger partial charge in [0.25, 0.3) is 0 Å². The van der Waals surface area contributed by atoms with Gasteiger partial charge < -0.3 is 19.6 Å². The van der Waals surface area contributed by atoms with E-state index in [1.807, 2.05) is 187 Å². The zero-order chi connectivity index (χ0) is 56.0. The molecule has 11 heteroatoms. The predicted molar refractivity (Wildman–Crippen MR) is 314 cm³/mol. The van der Waals surface area contributed by atoms with Gasteiger partial charge in [0.05, 0.1) is 23.3 Å². The summed E-state index contributed by atoms with van der Waals surface area (Å²) in [5, 5.41) is 29.4. The van der Waals surface area contributed by atoms with Gasteiger partial charge in [-0.2, -0.15) is 10.5 Å². The second-order valence-corrected chi connectivity index (χ2v) is 19.7. The average molecular weight is 1100 g/mol. The molecular formula is C66H73BrN4O6. The van der Waals surface area contributed by atoms with E-state index in [1.165, 1.54) is 10.5 Å². The Kier molecular flexibility index (Phi) is 27.2. The largest absolute Gasteiger partial charge is 0.480 e. The number of carbonyl (C=O) groups excluding carboxylic acids is 3. The number of halogens is 1. The molecule has 1 N–H and O–H groups in total. The summed E-state index contributed by atoms with van der Waals surface area (Å²) >= 11 is 3.32. The fraction of sp³-hybridized carbons (Fsp3) is 0.303. The number of rotatable bonds is 23. The Morgan fingerprint density at radius 2 is 0.948 bits per heavy atom. The van der Waals surface area contributed by atoms with Crippen molar-refractivity contribution in [1.82, 2.24) is 9.80 Å². The number of allylic oxidation sites excluding steroid dienone is 1. The van der Waals surface area contributed by atoms with Crippen LogP contribution < -0.4 is 0 Å². The highest BCUT2D eigenvalue weighted by Crippen LogP contribution is 2.27. The van der Waals surface area contributed by atoms with Crippen LogP contribution in [0.4, 0.5) is 0 Å². The fourth-order valence-electron chi connectivity index (χ4n) is 8.51. The molecule has 0 fully saturated rings. The Labute approximate surface area is 465 Å². The number of esters is 1. The molecule has 10 nitrogen and oxygen atoms in total. The van der Waals surface area contributed by atoms with Crippen molar-refractivity contribution in [1.29, 1.82) is 10.5 Å². The van der Waals surface area contributed by atoms with Gasteiger partial charge in [-0.3, -0.25) is 9.59 Å². The number of alkyl halides is 1. The molecule has 0 spiro atoms. The van der Waals surface area contributed by atoms with Crippen LogP contribution in [0.2, 0.25) is 0 Å². The van der Waals surface area contributed by atoms with Gasteiger partial charge in [-0.15, -0.1) is 0 Å². The van der Waals surface area contributed by atoms with Crippen LogP contribution in [0.3, 0.4) is 0 Å². The smallest absolute Gasteiger partial charge is 0.329 e. The zero-order valence-corrected chi connectivity index (χ0v) is 46.9. The number of hydrogen-bond acceptors (Lipinski definition) is 7. The molecule has 0 saturated heterocycles. The van der Waals surface area contributed by atoms with E-state index in [4.69, 9.17) is 4.74 Å². The standard InChI is InChI=1S/C33H36N2O3.C24H28N2O3.C9H9Br/c1-4-5-17-31(36)35(24-27-18-20-28(21-19-27)30-16-10-9-15-29(30)23-34)32(25(2)3)33(37)38-22-11-14-26-12-7-6-8-13-26;1-4-5-10-22(27)26(23(17(2)3)24(28)29)16-18-11-13-19(14-12-18)21-9-7-6-8-20(21)15-25;10-8-4-7-9-5-2-1-3-6-9/h6-16,18-21,25,32H,4-5,17,22,24H2,1-3H3;6-9,11-14,17,23H,4-5,10,16H2,1-3H3,(H,28,29);1-7H,8H2/b14-11+;;7-4+/t32-;23-;/m00./s1. The number of aliphatic carboxylic acids is 1. The normalized spacial score (nSPS) is 11.6. The van der Waals surface area contributed by atoms with E-state index < -0.39 is 24.0 Å². The summed E-state index contributed by atoms with van der Waals surface area (Å²) in [6.45, 7) is 12.3. The monoisotopic (exact) mass is 1100 g/mol. The number of ether oxygens (including phenoxy) is 1. The first kappa shape index (κ1) is 61.7. The first-order valence-electron chi connectivity index (χ1n) is 26.4. The fourth-order valence-corrected chi connectivity index (χ4v) is 8.70. The number of hydrogen-bond donors (Lipinski definition) is 1. The lowest BCUT2D eigenvalue weighted by Crippen LogP contribution is -2.48. The Bertz CT molecular complexity index is 2910. The van der Waals surface area contributed by atoms with Crippen molar-refractivity contribution in [2.75, 3.05) is 11.9 Å². The van der Waals surface area contributed by atoms with Crippen LogP contribution in [-0.4, -0.2) is 62.7 Å². The highest BCUT2D eigenvalue weighted by atomic mass is 79.9. The van der Waals surface area contributed by atoms with Crippen molar-refractivity contribution < 1.29 is 29.0 Å². The summed E-state index contributed by atoms with van der Waals surface area (Å²) in [4.78, 5) is 54.3. The Hall–Kier alpha value is -7.86. The SMILES string of the molecule is BrC/C=C/c1ccccc1.CCCCC(=O)N(Cc1ccc(-c2ccccc2C#N)cc1)[C@H](C(=O)O)C(C)C.CCCCC(=O)N(Cc1ccc(-c2ccccc2C#N)cc1)[C@H](C(=O)OC/C=C/c1ccccc1)C(C)C. The maximum atomic E-state index is 13.3. The minimum absolute atomic E-state index is 0.0544. The molecule has 77 heavy (non-hydrogen) atoms. The van der Waals surface area contributed by atoms with Gasteiger partial charge in [0.1, 0.15) is 18.7 Å². The Morgan fingerprint density at radius 1 is 0.558 bits per heavy atom. The molecule has 0 unspecified atom stereocenters. The van der Waals surface area contributed by atoms with Gasteiger partial charge >= 0.3 is 11.9 Å². The highest BCUT2D eigenvalue weighted by Gasteiger charge is 2.34. The number of nitrogens with zero attached hydrogens (tertiary/aromatic N) is 4. The molecule has 0 bridgehead atoms. The Balaban J connectivity index is 0.000000288. The third kappa shape index (κ3) is 20.3. The molecule has 6 aromatic carbocycles. The molecule has 6 aromatic rings. The number of unbranched alkanes of at least 4 members (excludes halogenated alkanes) is 2. The first-order chi connectivity index (χ1) is 37.3. The van der Waals surface area contributed by atoms with Gasteiger partial charge in [-0.1, -0.05) is 234 Å². The lowest BCUT2D eigenvalue weighted by Gasteiger charge is -2.33. The third-order valence-corrected chi connectivity index (χ3v) is 12.9. The van der Waals surface area contributed by atoms with E-state index in [2.05, 4.69) is 52.4 Å². The van der Waals surface area contributed by atoms with E-state index in [-0.39, 0.29) is 36.8 Å². The minimum Gasteiger partial charge on any atom is -0.480 e. The molecule has 6 rings (SSSR count). The summed E-state index contributed by atoms with van der Waals surface area (Å²) in [7, 11) is 0. The molecule has 0 aromatic heterocycles. The van der Waals surface area contributed by atoms with Crippen molar-refractivity contribution >= 4 is 51.8 Å². The number of amides is 2. The molecule has 0 heterocycles. The van der Waals surface area contributed by atoms with Gasteiger partial charge in [-0.05, 0) is 87.4 Å². The maximum Gasteiger partial charge on any atom is 0.329 e. The van der Waals surface area contributed by atoms with Crippen molar-refractivity contribution in [2.45, 2.75) is 105 Å². The molecule has 0 aliphatic heterocycles. The van der Waals surface area contributed by atoms with Crippen molar-refractivity contribution in [3.8, 4) is 34.4 Å². The predicted octanol–water partition coefficient (Wildman–Crippen LogP) is 15.0. The maximum absolute atomic E-state index is 13.3. The molecule has 0 aliphatic rings. The number of benzene rings is 6. The van der Waals surface area contributed by atoms with E-state index >= 15 is 0 Å². The van der Waals surface area contributed by atoms with E-state index in [1.54, 1.807) is 17.0 Å². The second kappa shape index (κ2) is 33.9. The van der Waals surface area contributed by atoms with E-state index in [0.717, 1.165) is 70.0 Å². The highest BCUT2D eigenvalue weighted by molar-refractivity contribution is 9.09. The van der Waals surface area contributed by atoms with Crippen LogP contribution in [0, 0.1) is 34.5 Å². The molecular weight excluding hydrogens is 1020 g/mol. The van der Waals surface area contributed by atoms with Gasteiger partial charge in [0.2, 0.25) is 11.8 Å². The summed E-state index contributed by atoms with van der Waals surface area (Å²) in [6.07, 6.45) is 11.9. The first-order valence-corrected chi connectivity index (χ1v) is 27.5. The van der Waals surface area contributed by atoms with Crippen molar-refractivity contribution in [2.24, 2.45) is 11.8 Å². The third-order valence-electron chi connectivity index (χ3n) is 12.5. The van der Waals surface area contributed by atoms with Crippen LogP contribution in [-0.2, 0) is 37.0 Å². The van der Waals surface area contributed by atoms with Gasteiger partial charge in [0.15, 0.2) is 0 Å².